The minimum atomic E-state index is -0.390. The summed E-state index contributed by atoms with van der Waals surface area (Å²) in [5.74, 6) is 2.76. The Morgan fingerprint density at radius 2 is 1.80 bits per heavy atom. The first-order chi connectivity index (χ1) is 19.7. The highest BCUT2D eigenvalue weighted by Gasteiger charge is 2.51. The molecule has 2 aromatic rings. The molecule has 1 aliphatic heterocycles. The fourth-order valence-corrected chi connectivity index (χ4v) is 9.18. The molecule has 2 fully saturated rings. The van der Waals surface area contributed by atoms with Crippen LogP contribution in [0.4, 0.5) is 0 Å². The molecule has 222 valence electrons. The SMILES string of the molecule is CC(C)CCC[C@@H](C)[C@H]1CC[C@H]2/C(=C\[C@@H]3C4=C(CC[C@H](O)C4)Cn4c(=O)n(-c5ccccc5)c(=O)n43)CCC[C@]12C. The molecule has 6 nitrogen and oxygen atoms in total. The van der Waals surface area contributed by atoms with Crippen molar-refractivity contribution in [2.24, 2.45) is 29.1 Å². The second-order valence-corrected chi connectivity index (χ2v) is 14.2. The molecule has 0 bridgehead atoms. The van der Waals surface area contributed by atoms with Gasteiger partial charge in [-0.25, -0.2) is 23.5 Å². The van der Waals surface area contributed by atoms with Gasteiger partial charge in [0.15, 0.2) is 0 Å². The standard InChI is InChI=1S/C35H49N3O3/c1-23(2)10-8-11-24(3)30-17-18-31-25(12-9-19-35(30,31)4)20-32-29-21-28(39)16-15-26(29)22-36-33(40)37(34(41)38(32)36)27-13-6-5-7-14-27/h5-7,13-14,20,23-24,28,30-32,39H,8-12,15-19,21-22H2,1-4H3/b25-20-/t24-,28+,30-,31+,32-,35-/m1/s1. The molecule has 1 aromatic carbocycles. The van der Waals surface area contributed by atoms with Crippen LogP contribution in [0, 0.1) is 29.1 Å². The lowest BCUT2D eigenvalue weighted by Crippen LogP contribution is -2.39. The van der Waals surface area contributed by atoms with Crippen molar-refractivity contribution in [2.75, 3.05) is 0 Å². The van der Waals surface area contributed by atoms with Gasteiger partial charge in [0.05, 0.1) is 24.4 Å². The molecule has 6 atom stereocenters. The van der Waals surface area contributed by atoms with E-state index >= 15 is 0 Å². The van der Waals surface area contributed by atoms with Crippen LogP contribution in [0.15, 0.2) is 62.7 Å². The Hall–Kier alpha value is -2.60. The third kappa shape index (κ3) is 5.04. The predicted molar refractivity (Wildman–Crippen MR) is 164 cm³/mol. The third-order valence-corrected chi connectivity index (χ3v) is 11.3. The number of nitrogens with zero attached hydrogens (tertiary/aromatic N) is 3. The lowest BCUT2D eigenvalue weighted by molar-refractivity contribution is 0.0922. The normalized spacial score (nSPS) is 31.3. The van der Waals surface area contributed by atoms with E-state index in [1.165, 1.54) is 60.7 Å². The molecule has 6 heteroatoms. The van der Waals surface area contributed by atoms with Gasteiger partial charge in [-0.3, -0.25) is 0 Å². The number of fused-ring (bicyclic) bond motifs is 2. The van der Waals surface area contributed by atoms with Crippen molar-refractivity contribution in [1.82, 2.24) is 13.9 Å². The molecule has 2 saturated carbocycles. The van der Waals surface area contributed by atoms with Gasteiger partial charge >= 0.3 is 11.4 Å². The highest BCUT2D eigenvalue weighted by Crippen LogP contribution is 2.60. The van der Waals surface area contributed by atoms with E-state index in [-0.39, 0.29) is 23.5 Å². The quantitative estimate of drug-likeness (QED) is 0.379. The van der Waals surface area contributed by atoms with E-state index < -0.39 is 0 Å². The Kier molecular flexibility index (Phi) is 7.82. The van der Waals surface area contributed by atoms with Crippen molar-refractivity contribution < 1.29 is 5.11 Å². The first-order valence-corrected chi connectivity index (χ1v) is 16.3. The van der Waals surface area contributed by atoms with Crippen LogP contribution in [0.25, 0.3) is 5.69 Å². The average molecular weight is 560 g/mol. The van der Waals surface area contributed by atoms with E-state index in [9.17, 15) is 14.7 Å². The number of allylic oxidation sites excluding steroid dienone is 3. The van der Waals surface area contributed by atoms with Crippen molar-refractivity contribution in [3.8, 4) is 5.69 Å². The molecule has 6 rings (SSSR count). The molecular weight excluding hydrogens is 510 g/mol. The molecule has 0 amide bonds. The highest BCUT2D eigenvalue weighted by molar-refractivity contribution is 5.35. The van der Waals surface area contributed by atoms with Crippen LogP contribution in [0.2, 0.25) is 0 Å². The van der Waals surface area contributed by atoms with Crippen LogP contribution in [0.1, 0.15) is 104 Å². The minimum Gasteiger partial charge on any atom is -0.393 e. The molecule has 1 N–H and O–H groups in total. The number of aliphatic hydroxyl groups excluding tert-OH is 1. The first kappa shape index (κ1) is 28.5. The largest absolute Gasteiger partial charge is 0.393 e. The number of aliphatic hydroxyl groups is 1. The van der Waals surface area contributed by atoms with Crippen LogP contribution in [-0.4, -0.2) is 25.1 Å². The second kappa shape index (κ2) is 11.2. The molecule has 0 spiro atoms. The Morgan fingerprint density at radius 3 is 2.56 bits per heavy atom. The summed E-state index contributed by atoms with van der Waals surface area (Å²) in [5.41, 5.74) is 4.21. The van der Waals surface area contributed by atoms with Gasteiger partial charge in [0.1, 0.15) is 0 Å². The molecule has 0 saturated heterocycles. The number of benzene rings is 1. The fourth-order valence-electron chi connectivity index (χ4n) is 9.18. The van der Waals surface area contributed by atoms with E-state index in [1.54, 1.807) is 9.36 Å². The Bertz CT molecular complexity index is 1440. The summed E-state index contributed by atoms with van der Waals surface area (Å²) in [7, 11) is 0. The lowest BCUT2D eigenvalue weighted by Gasteiger charge is -2.45. The summed E-state index contributed by atoms with van der Waals surface area (Å²) in [6.45, 7) is 10.1. The number of rotatable bonds is 7. The van der Waals surface area contributed by atoms with Gasteiger partial charge in [0, 0.05) is 0 Å². The zero-order valence-electron chi connectivity index (χ0n) is 25.5. The van der Waals surface area contributed by atoms with Crippen molar-refractivity contribution in [3.05, 3.63) is 74.1 Å². The van der Waals surface area contributed by atoms with Crippen molar-refractivity contribution in [3.63, 3.8) is 0 Å². The van der Waals surface area contributed by atoms with Crippen molar-refractivity contribution in [2.45, 2.75) is 117 Å². The Labute approximate surface area is 244 Å². The maximum Gasteiger partial charge on any atom is 0.352 e. The number of para-hydroxylation sites is 1. The lowest BCUT2D eigenvalue weighted by atomic mass is 9.60. The van der Waals surface area contributed by atoms with Crippen molar-refractivity contribution in [1.29, 1.82) is 0 Å². The van der Waals surface area contributed by atoms with E-state index in [0.717, 1.165) is 42.6 Å². The first-order valence-electron chi connectivity index (χ1n) is 16.3. The zero-order chi connectivity index (χ0) is 28.9. The number of aromatic nitrogens is 3. The molecule has 0 unspecified atom stereocenters. The maximum atomic E-state index is 14.0. The minimum absolute atomic E-state index is 0.271. The molecule has 0 radical (unpaired) electrons. The third-order valence-electron chi connectivity index (χ3n) is 11.3. The van der Waals surface area contributed by atoms with Gasteiger partial charge in [0.25, 0.3) is 0 Å². The maximum absolute atomic E-state index is 14.0. The molecule has 4 aliphatic rings. The molecular formula is C35H49N3O3. The second-order valence-electron chi connectivity index (χ2n) is 14.2. The van der Waals surface area contributed by atoms with Crippen LogP contribution in [0.3, 0.4) is 0 Å². The van der Waals surface area contributed by atoms with Crippen molar-refractivity contribution >= 4 is 0 Å². The van der Waals surface area contributed by atoms with E-state index in [2.05, 4.69) is 33.8 Å². The summed E-state index contributed by atoms with van der Waals surface area (Å²) in [4.78, 5) is 27.7. The smallest absolute Gasteiger partial charge is 0.352 e. The van der Waals surface area contributed by atoms with Crippen LogP contribution >= 0.6 is 0 Å². The number of hydrogen-bond acceptors (Lipinski definition) is 3. The van der Waals surface area contributed by atoms with Gasteiger partial charge in [-0.1, -0.05) is 76.8 Å². The zero-order valence-corrected chi connectivity index (χ0v) is 25.5. The summed E-state index contributed by atoms with van der Waals surface area (Å²) >= 11 is 0. The summed E-state index contributed by atoms with van der Waals surface area (Å²) in [6, 6.07) is 8.98. The summed E-state index contributed by atoms with van der Waals surface area (Å²) in [5, 5.41) is 10.7. The van der Waals surface area contributed by atoms with E-state index in [4.69, 9.17) is 0 Å². The van der Waals surface area contributed by atoms with Crippen LogP contribution in [0.5, 0.6) is 0 Å². The Morgan fingerprint density at radius 1 is 1.02 bits per heavy atom. The van der Waals surface area contributed by atoms with Gasteiger partial charge in [0.2, 0.25) is 0 Å². The van der Waals surface area contributed by atoms with Gasteiger partial charge in [-0.15, -0.1) is 0 Å². The molecule has 41 heavy (non-hydrogen) atoms. The molecule has 3 aliphatic carbocycles. The van der Waals surface area contributed by atoms with E-state index in [1.807, 2.05) is 30.3 Å². The molecule has 1 aromatic heterocycles. The van der Waals surface area contributed by atoms with Crippen LogP contribution < -0.4 is 11.4 Å². The number of hydrogen-bond donors (Lipinski definition) is 1. The highest BCUT2D eigenvalue weighted by atomic mass is 16.3. The predicted octanol–water partition coefficient (Wildman–Crippen LogP) is 6.80. The summed E-state index contributed by atoms with van der Waals surface area (Å²) in [6.07, 6.45) is 14.0. The van der Waals surface area contributed by atoms with Gasteiger partial charge < -0.3 is 5.11 Å². The Balaban J connectivity index is 1.38. The monoisotopic (exact) mass is 559 g/mol. The van der Waals surface area contributed by atoms with Crippen LogP contribution in [-0.2, 0) is 6.54 Å². The fraction of sp³-hybridized carbons (Fsp3) is 0.657. The van der Waals surface area contributed by atoms with Gasteiger partial charge in [-0.05, 0) is 104 Å². The summed E-state index contributed by atoms with van der Waals surface area (Å²) < 4.78 is 4.71. The topological polar surface area (TPSA) is 69.2 Å². The average Bonchev–Trinajstić information content (AvgIpc) is 3.42. The van der Waals surface area contributed by atoms with Gasteiger partial charge in [-0.2, -0.15) is 0 Å². The van der Waals surface area contributed by atoms with E-state index in [0.29, 0.717) is 30.0 Å². The molecule has 2 heterocycles.